The second kappa shape index (κ2) is 10.7. The molecule has 1 unspecified atom stereocenters. The lowest BCUT2D eigenvalue weighted by atomic mass is 9.91. The molecule has 0 saturated carbocycles. The van der Waals surface area contributed by atoms with E-state index in [-0.39, 0.29) is 11.6 Å². The van der Waals surface area contributed by atoms with Crippen molar-refractivity contribution in [2.24, 2.45) is 0 Å². The van der Waals surface area contributed by atoms with Crippen molar-refractivity contribution >= 4 is 35.8 Å². The van der Waals surface area contributed by atoms with Gasteiger partial charge in [-0.05, 0) is 44.4 Å². The molecule has 0 amide bonds. The number of aromatic nitrogens is 3. The minimum Gasteiger partial charge on any atom is -0.468 e. The van der Waals surface area contributed by atoms with Gasteiger partial charge >= 0.3 is 13.7 Å². The summed E-state index contributed by atoms with van der Waals surface area (Å²) in [6.07, 6.45) is -2.40. The zero-order chi connectivity index (χ0) is 29.6. The third-order valence-corrected chi connectivity index (χ3v) is 8.82. The number of aliphatic hydroxyl groups is 2. The number of rotatable bonds is 9. The van der Waals surface area contributed by atoms with Gasteiger partial charge in [0.2, 0.25) is 0 Å². The summed E-state index contributed by atoms with van der Waals surface area (Å²) in [6.45, 7) is 3.88. The highest BCUT2D eigenvalue weighted by Gasteiger charge is 2.54. The third kappa shape index (κ3) is 5.40. The van der Waals surface area contributed by atoms with Gasteiger partial charge in [-0.15, -0.1) is 0 Å². The Morgan fingerprint density at radius 3 is 2.71 bits per heavy atom. The summed E-state index contributed by atoms with van der Waals surface area (Å²) >= 11 is 0. The molecule has 4 aromatic rings. The fraction of sp³-hybridized carbons (Fsp3) is 0.370. The smallest absolute Gasteiger partial charge is 0.459 e. The van der Waals surface area contributed by atoms with Gasteiger partial charge in [0.1, 0.15) is 47.0 Å². The molecular formula is C27H32N5O8P. The first-order valence-corrected chi connectivity index (χ1v) is 14.3. The monoisotopic (exact) mass is 585 g/mol. The second-order valence-corrected chi connectivity index (χ2v) is 12.2. The number of carbonyl (C=O) groups excluding carboxylic acids is 1. The number of hydrogen-bond acceptors (Lipinski definition) is 11. The first-order valence-electron chi connectivity index (χ1n) is 12.8. The van der Waals surface area contributed by atoms with E-state index in [9.17, 15) is 19.6 Å². The molecule has 0 bridgehead atoms. The van der Waals surface area contributed by atoms with Gasteiger partial charge in [-0.2, -0.15) is 10.2 Å². The molecule has 3 heterocycles. The number of carbonyl (C=O) groups is 1. The molecule has 14 heteroatoms. The number of nitrogens with two attached hydrogens (primary N) is 1. The summed E-state index contributed by atoms with van der Waals surface area (Å²) < 4.78 is 38.3. The van der Waals surface area contributed by atoms with Gasteiger partial charge in [0.25, 0.3) is 0 Å². The van der Waals surface area contributed by atoms with E-state index in [0.717, 1.165) is 5.39 Å². The van der Waals surface area contributed by atoms with E-state index in [0.29, 0.717) is 16.6 Å². The molecule has 1 aliphatic rings. The van der Waals surface area contributed by atoms with Crippen molar-refractivity contribution in [3.8, 4) is 5.75 Å². The maximum atomic E-state index is 14.2. The lowest BCUT2D eigenvalue weighted by molar-refractivity contribution is -0.146. The topological polar surface area (TPSA) is 180 Å². The minimum atomic E-state index is -4.35. The molecule has 0 aliphatic carbocycles. The van der Waals surface area contributed by atoms with Gasteiger partial charge in [-0.3, -0.25) is 9.32 Å². The number of aliphatic hydroxyl groups excluding tert-OH is 1. The van der Waals surface area contributed by atoms with Crippen molar-refractivity contribution in [3.05, 3.63) is 66.6 Å². The van der Waals surface area contributed by atoms with Crippen LogP contribution in [0.4, 0.5) is 5.82 Å². The molecule has 1 saturated heterocycles. The predicted molar refractivity (Wildman–Crippen MR) is 149 cm³/mol. The third-order valence-electron chi connectivity index (χ3n) is 7.06. The maximum Gasteiger partial charge on any atom is 0.459 e. The normalized spacial score (nSPS) is 24.4. The van der Waals surface area contributed by atoms with E-state index in [4.69, 9.17) is 24.3 Å². The lowest BCUT2D eigenvalue weighted by Gasteiger charge is -2.30. The summed E-state index contributed by atoms with van der Waals surface area (Å²) in [7, 11) is -3.14. The number of hydrogen-bond donors (Lipinski definition) is 4. The fourth-order valence-electron chi connectivity index (χ4n) is 4.89. The van der Waals surface area contributed by atoms with Crippen LogP contribution < -0.4 is 15.3 Å². The summed E-state index contributed by atoms with van der Waals surface area (Å²) in [5.74, 6) is -0.228. The van der Waals surface area contributed by atoms with Crippen LogP contribution in [0.5, 0.6) is 5.75 Å². The van der Waals surface area contributed by atoms with Crippen LogP contribution in [0.3, 0.4) is 0 Å². The minimum absolute atomic E-state index is 0.232. The number of nitrogens with one attached hydrogen (secondary N) is 1. The quantitative estimate of drug-likeness (QED) is 0.167. The number of nitrogens with zero attached hydrogens (tertiary/aromatic N) is 3. The highest BCUT2D eigenvalue weighted by atomic mass is 31.2. The van der Waals surface area contributed by atoms with Crippen molar-refractivity contribution in [3.63, 3.8) is 0 Å². The molecule has 218 valence electrons. The second-order valence-electron chi connectivity index (χ2n) is 10.5. The lowest BCUT2D eigenvalue weighted by Crippen LogP contribution is -2.47. The van der Waals surface area contributed by atoms with Crippen LogP contribution in [-0.2, 0) is 23.4 Å². The summed E-state index contributed by atoms with van der Waals surface area (Å²) in [4.78, 5) is 16.4. The zero-order valence-electron chi connectivity index (χ0n) is 22.9. The summed E-state index contributed by atoms with van der Waals surface area (Å²) in [6, 6.07) is 15.9. The Morgan fingerprint density at radius 1 is 1.22 bits per heavy atom. The highest BCUT2D eigenvalue weighted by molar-refractivity contribution is 7.52. The fourth-order valence-corrected chi connectivity index (χ4v) is 6.59. The zero-order valence-corrected chi connectivity index (χ0v) is 23.8. The Balaban J connectivity index is 1.43. The molecular weight excluding hydrogens is 553 g/mol. The average Bonchev–Trinajstić information content (AvgIpc) is 3.46. The van der Waals surface area contributed by atoms with Crippen LogP contribution >= 0.6 is 7.75 Å². The molecule has 13 nitrogen and oxygen atoms in total. The van der Waals surface area contributed by atoms with Crippen LogP contribution in [0.2, 0.25) is 0 Å². The Hall–Kier alpha value is -3.58. The Morgan fingerprint density at radius 2 is 1.95 bits per heavy atom. The van der Waals surface area contributed by atoms with Gasteiger partial charge in [0, 0.05) is 5.39 Å². The van der Waals surface area contributed by atoms with Crippen molar-refractivity contribution in [2.75, 3.05) is 19.5 Å². The molecule has 5 rings (SSSR count). The largest absolute Gasteiger partial charge is 0.468 e. The molecule has 2 aromatic heterocycles. The number of methoxy groups -OCH3 is 1. The molecule has 5 atom stereocenters. The molecule has 41 heavy (non-hydrogen) atoms. The summed E-state index contributed by atoms with van der Waals surface area (Å²) in [5.41, 5.74) is 3.58. The SMILES string of the molecule is COC(=O)C(C)(C)NP(=O)(OC[C@H]1O[C@@H](c2ccc3c(N)ncnn23)[C@](C)(O)[C@@H]1O)Oc1cccc2ccccc12. The number of anilines is 1. The van der Waals surface area contributed by atoms with Gasteiger partial charge < -0.3 is 29.9 Å². The Kier molecular flexibility index (Phi) is 7.53. The van der Waals surface area contributed by atoms with Crippen LogP contribution in [0, 0.1) is 0 Å². The van der Waals surface area contributed by atoms with E-state index < -0.39 is 49.8 Å². The molecule has 1 aliphatic heterocycles. The predicted octanol–water partition coefficient (Wildman–Crippen LogP) is 2.76. The van der Waals surface area contributed by atoms with E-state index >= 15 is 0 Å². The van der Waals surface area contributed by atoms with Gasteiger partial charge in [0.05, 0.1) is 19.4 Å². The van der Waals surface area contributed by atoms with E-state index in [2.05, 4.69) is 15.2 Å². The van der Waals surface area contributed by atoms with Gasteiger partial charge in [0.15, 0.2) is 5.82 Å². The Labute approximate surface area is 235 Å². The highest BCUT2D eigenvalue weighted by Crippen LogP contribution is 2.50. The molecule has 2 aromatic carbocycles. The first-order chi connectivity index (χ1) is 19.4. The molecule has 0 spiro atoms. The standard InChI is InChI=1S/C27H32N5O8P/c1-26(2,25(34)37-4)31-41(36,40-20-11-7-9-16-8-5-6-10-17(16)20)38-14-21-22(33)27(3,35)23(39-21)18-12-13-19-24(28)29-15-30-32(18)19/h5-13,15,21-23,33,35H,14H2,1-4H3,(H,31,36)(H2,28,29,30)/t21-,22-,23+,27-,41?/m1/s1. The van der Waals surface area contributed by atoms with Crippen LogP contribution in [0.25, 0.3) is 16.3 Å². The molecule has 5 N–H and O–H groups in total. The first kappa shape index (κ1) is 28.9. The number of nitrogen functional groups attached to an aromatic ring is 1. The average molecular weight is 586 g/mol. The maximum absolute atomic E-state index is 14.2. The number of benzene rings is 2. The summed E-state index contributed by atoms with van der Waals surface area (Å²) in [5, 5.41) is 30.7. The van der Waals surface area contributed by atoms with Crippen molar-refractivity contribution in [1.29, 1.82) is 0 Å². The van der Waals surface area contributed by atoms with Gasteiger partial charge in [-0.1, -0.05) is 36.4 Å². The van der Waals surface area contributed by atoms with Gasteiger partial charge in [-0.25, -0.2) is 14.1 Å². The van der Waals surface area contributed by atoms with Crippen molar-refractivity contribution in [2.45, 2.75) is 50.2 Å². The van der Waals surface area contributed by atoms with E-state index in [1.165, 1.54) is 38.7 Å². The van der Waals surface area contributed by atoms with E-state index in [1.807, 2.05) is 24.3 Å². The molecule has 0 radical (unpaired) electrons. The van der Waals surface area contributed by atoms with Crippen molar-refractivity contribution < 1.29 is 38.1 Å². The van der Waals surface area contributed by atoms with E-state index in [1.54, 1.807) is 30.3 Å². The number of esters is 1. The van der Waals surface area contributed by atoms with Crippen LogP contribution in [0.15, 0.2) is 60.9 Å². The van der Waals surface area contributed by atoms with Crippen LogP contribution in [-0.4, -0.2) is 67.8 Å². The molecule has 1 fully saturated rings. The van der Waals surface area contributed by atoms with Crippen LogP contribution in [0.1, 0.15) is 32.6 Å². The number of fused-ring (bicyclic) bond motifs is 2. The Bertz CT molecular complexity index is 1640. The number of ether oxygens (including phenoxy) is 2. The van der Waals surface area contributed by atoms with Crippen molar-refractivity contribution in [1.82, 2.24) is 19.7 Å².